The number of hydrogen-bond acceptors (Lipinski definition) is 3. The number of ether oxygens (including phenoxy) is 1. The van der Waals surface area contributed by atoms with Crippen molar-refractivity contribution in [3.05, 3.63) is 35.4 Å². The Labute approximate surface area is 92.4 Å². The fourth-order valence-electron chi connectivity index (χ4n) is 1.35. The molecule has 3 nitrogen and oxygen atoms in total. The van der Waals surface area contributed by atoms with Gasteiger partial charge in [0, 0.05) is 0 Å². The lowest BCUT2D eigenvalue weighted by atomic mass is 10.1. The van der Waals surface area contributed by atoms with Crippen LogP contribution in [0.1, 0.15) is 18.5 Å². The van der Waals surface area contributed by atoms with Gasteiger partial charge < -0.3 is 10.1 Å². The number of carbonyl (C=O) groups excluding carboxylic acids is 1. The highest BCUT2D eigenvalue weighted by atomic mass is 19.2. The lowest BCUT2D eigenvalue weighted by molar-refractivity contribution is -0.143. The van der Waals surface area contributed by atoms with Crippen molar-refractivity contribution in [3.8, 4) is 0 Å². The molecule has 0 saturated heterocycles. The van der Waals surface area contributed by atoms with Crippen molar-refractivity contribution < 1.29 is 18.3 Å². The van der Waals surface area contributed by atoms with Crippen LogP contribution in [0, 0.1) is 11.6 Å². The number of likely N-dealkylation sites (N-methyl/N-ethyl adjacent to an activating group) is 1. The third-order valence-electron chi connectivity index (χ3n) is 2.12. The minimum absolute atomic E-state index is 0.340. The van der Waals surface area contributed by atoms with Gasteiger partial charge in [0.25, 0.3) is 0 Å². The Hall–Kier alpha value is -1.49. The van der Waals surface area contributed by atoms with Crippen LogP contribution >= 0.6 is 0 Å². The summed E-state index contributed by atoms with van der Waals surface area (Å²) < 4.78 is 30.3. The van der Waals surface area contributed by atoms with E-state index in [9.17, 15) is 13.6 Å². The summed E-state index contributed by atoms with van der Waals surface area (Å²) in [5.74, 6) is -2.46. The minimum atomic E-state index is -0.982. The van der Waals surface area contributed by atoms with E-state index in [0.29, 0.717) is 12.1 Å². The average molecular weight is 229 g/mol. The molecule has 0 bridgehead atoms. The zero-order chi connectivity index (χ0) is 12.1. The van der Waals surface area contributed by atoms with Gasteiger partial charge in [0.2, 0.25) is 0 Å². The molecule has 0 spiro atoms. The van der Waals surface area contributed by atoms with Crippen LogP contribution in [0.25, 0.3) is 0 Å². The fraction of sp³-hybridized carbons (Fsp3) is 0.364. The van der Waals surface area contributed by atoms with Crippen LogP contribution in [0.5, 0.6) is 0 Å². The SMILES string of the molecule is CCNC(C(=O)OC)c1ccc(F)c(F)c1. The molecule has 0 aliphatic carbocycles. The van der Waals surface area contributed by atoms with E-state index < -0.39 is 23.6 Å². The van der Waals surface area contributed by atoms with E-state index in [-0.39, 0.29) is 0 Å². The number of esters is 1. The smallest absolute Gasteiger partial charge is 0.327 e. The van der Waals surface area contributed by atoms with Gasteiger partial charge >= 0.3 is 5.97 Å². The van der Waals surface area contributed by atoms with Crippen LogP contribution in [0.2, 0.25) is 0 Å². The van der Waals surface area contributed by atoms with E-state index in [2.05, 4.69) is 10.1 Å². The van der Waals surface area contributed by atoms with Gasteiger partial charge in [-0.3, -0.25) is 0 Å². The van der Waals surface area contributed by atoms with Crippen LogP contribution in [0.15, 0.2) is 18.2 Å². The first-order chi connectivity index (χ1) is 7.60. The quantitative estimate of drug-likeness (QED) is 0.800. The molecule has 0 aliphatic rings. The van der Waals surface area contributed by atoms with Crippen molar-refractivity contribution in [2.75, 3.05) is 13.7 Å². The van der Waals surface area contributed by atoms with Crippen molar-refractivity contribution in [1.82, 2.24) is 5.32 Å². The number of hydrogen-bond donors (Lipinski definition) is 1. The van der Waals surface area contributed by atoms with E-state index in [0.717, 1.165) is 12.1 Å². The van der Waals surface area contributed by atoms with Crippen molar-refractivity contribution in [1.29, 1.82) is 0 Å². The van der Waals surface area contributed by atoms with E-state index in [1.165, 1.54) is 13.2 Å². The van der Waals surface area contributed by atoms with Gasteiger partial charge in [0.1, 0.15) is 6.04 Å². The molecule has 0 aliphatic heterocycles. The van der Waals surface area contributed by atoms with Crippen molar-refractivity contribution >= 4 is 5.97 Å². The van der Waals surface area contributed by atoms with E-state index in [4.69, 9.17) is 0 Å². The third-order valence-corrected chi connectivity index (χ3v) is 2.12. The number of halogens is 2. The summed E-state index contributed by atoms with van der Waals surface area (Å²) >= 11 is 0. The molecule has 88 valence electrons. The largest absolute Gasteiger partial charge is 0.468 e. The fourth-order valence-corrected chi connectivity index (χ4v) is 1.35. The van der Waals surface area contributed by atoms with E-state index >= 15 is 0 Å². The molecule has 1 aromatic carbocycles. The summed E-state index contributed by atoms with van der Waals surface area (Å²) in [6.07, 6.45) is 0. The van der Waals surface area contributed by atoms with Crippen LogP contribution < -0.4 is 5.32 Å². The zero-order valence-corrected chi connectivity index (χ0v) is 9.09. The predicted octanol–water partition coefficient (Wildman–Crippen LogP) is 1.79. The molecule has 1 N–H and O–H groups in total. The van der Waals surface area contributed by atoms with Crippen molar-refractivity contribution in [2.45, 2.75) is 13.0 Å². The van der Waals surface area contributed by atoms with Gasteiger partial charge in [-0.1, -0.05) is 13.0 Å². The van der Waals surface area contributed by atoms with Crippen molar-refractivity contribution in [2.24, 2.45) is 0 Å². The molecule has 0 aromatic heterocycles. The van der Waals surface area contributed by atoms with Crippen LogP contribution in [0.3, 0.4) is 0 Å². The highest BCUT2D eigenvalue weighted by Gasteiger charge is 2.21. The third kappa shape index (κ3) is 2.76. The first-order valence-electron chi connectivity index (χ1n) is 4.86. The topological polar surface area (TPSA) is 38.3 Å². The van der Waals surface area contributed by atoms with Gasteiger partial charge in [-0.15, -0.1) is 0 Å². The van der Waals surface area contributed by atoms with Crippen molar-refractivity contribution in [3.63, 3.8) is 0 Å². The number of methoxy groups -OCH3 is 1. The first kappa shape index (κ1) is 12.6. The highest BCUT2D eigenvalue weighted by molar-refractivity contribution is 5.77. The Balaban J connectivity index is 3.01. The van der Waals surface area contributed by atoms with E-state index in [1.54, 1.807) is 6.92 Å². The lowest BCUT2D eigenvalue weighted by Crippen LogP contribution is -2.29. The second-order valence-electron chi connectivity index (χ2n) is 3.19. The maximum atomic E-state index is 13.0. The Morgan fingerprint density at radius 1 is 1.44 bits per heavy atom. The molecule has 0 fully saturated rings. The Morgan fingerprint density at radius 3 is 2.62 bits per heavy atom. The molecule has 0 radical (unpaired) electrons. The summed E-state index contributed by atoms with van der Waals surface area (Å²) in [7, 11) is 1.24. The normalized spacial score (nSPS) is 12.2. The number of carbonyl (C=O) groups is 1. The zero-order valence-electron chi connectivity index (χ0n) is 9.09. The lowest BCUT2D eigenvalue weighted by Gasteiger charge is -2.15. The summed E-state index contributed by atoms with van der Waals surface area (Å²) in [6.45, 7) is 2.31. The Kier molecular flexibility index (Phi) is 4.37. The predicted molar refractivity (Wildman–Crippen MR) is 54.8 cm³/mol. The van der Waals surface area contributed by atoms with Gasteiger partial charge in [0.15, 0.2) is 11.6 Å². The summed E-state index contributed by atoms with van der Waals surface area (Å²) in [5.41, 5.74) is 0.340. The summed E-state index contributed by atoms with van der Waals surface area (Å²) in [6, 6.07) is 2.55. The maximum Gasteiger partial charge on any atom is 0.327 e. The molecular formula is C11H13F2NO2. The molecule has 0 amide bonds. The number of rotatable bonds is 4. The molecule has 16 heavy (non-hydrogen) atoms. The van der Waals surface area contributed by atoms with Crippen LogP contribution in [0.4, 0.5) is 8.78 Å². The second-order valence-corrected chi connectivity index (χ2v) is 3.19. The minimum Gasteiger partial charge on any atom is -0.468 e. The van der Waals surface area contributed by atoms with Crippen LogP contribution in [-0.4, -0.2) is 19.6 Å². The molecule has 0 heterocycles. The Morgan fingerprint density at radius 2 is 2.12 bits per heavy atom. The monoisotopic (exact) mass is 229 g/mol. The standard InChI is InChI=1S/C11H13F2NO2/c1-3-14-10(11(15)16-2)7-4-5-8(12)9(13)6-7/h4-6,10,14H,3H2,1-2H3. The molecule has 1 unspecified atom stereocenters. The summed E-state index contributed by atoms with van der Waals surface area (Å²) in [4.78, 5) is 11.4. The molecular weight excluding hydrogens is 216 g/mol. The molecule has 1 rings (SSSR count). The van der Waals surface area contributed by atoms with Gasteiger partial charge in [-0.05, 0) is 24.2 Å². The first-order valence-corrected chi connectivity index (χ1v) is 4.86. The molecule has 5 heteroatoms. The number of benzene rings is 1. The van der Waals surface area contributed by atoms with Gasteiger partial charge in [-0.25, -0.2) is 13.6 Å². The van der Waals surface area contributed by atoms with Gasteiger partial charge in [0.05, 0.1) is 7.11 Å². The van der Waals surface area contributed by atoms with E-state index in [1.807, 2.05) is 0 Å². The second kappa shape index (κ2) is 5.55. The molecule has 1 aromatic rings. The highest BCUT2D eigenvalue weighted by Crippen LogP contribution is 2.17. The van der Waals surface area contributed by atoms with Gasteiger partial charge in [-0.2, -0.15) is 0 Å². The average Bonchev–Trinajstić information content (AvgIpc) is 2.29. The Bertz CT molecular complexity index is 382. The molecule has 1 atom stereocenters. The number of nitrogens with one attached hydrogen (secondary N) is 1. The molecule has 0 saturated carbocycles. The maximum absolute atomic E-state index is 13.0. The summed E-state index contributed by atoms with van der Waals surface area (Å²) in [5, 5.41) is 2.83. The van der Waals surface area contributed by atoms with Crippen LogP contribution in [-0.2, 0) is 9.53 Å².